The molecule has 1 heterocycles. The lowest BCUT2D eigenvalue weighted by Crippen LogP contribution is -1.90. The first-order valence-electron chi connectivity index (χ1n) is 6.84. The minimum atomic E-state index is 1.02. The molecule has 3 rings (SSSR count). The van der Waals surface area contributed by atoms with Crippen LogP contribution in [0.5, 0.6) is 0 Å². The molecule has 3 aromatic rings. The van der Waals surface area contributed by atoms with Crippen LogP contribution in [0.25, 0.3) is 22.4 Å². The SMILES string of the molecule is Cc1ccc(-c2ccccc2C)c(-c2ccccn2)c1. The van der Waals surface area contributed by atoms with Gasteiger partial charge in [0, 0.05) is 11.8 Å². The van der Waals surface area contributed by atoms with Crippen molar-refractivity contribution in [1.29, 1.82) is 0 Å². The molecular formula is C19H17N. The number of rotatable bonds is 2. The zero-order valence-electron chi connectivity index (χ0n) is 11.8. The van der Waals surface area contributed by atoms with Gasteiger partial charge in [-0.3, -0.25) is 4.98 Å². The molecule has 0 saturated carbocycles. The summed E-state index contributed by atoms with van der Waals surface area (Å²) >= 11 is 0. The van der Waals surface area contributed by atoms with Crippen molar-refractivity contribution in [2.24, 2.45) is 0 Å². The molecule has 0 aliphatic heterocycles. The van der Waals surface area contributed by atoms with Crippen LogP contribution in [0.3, 0.4) is 0 Å². The number of aromatic nitrogens is 1. The summed E-state index contributed by atoms with van der Waals surface area (Å²) in [4.78, 5) is 4.51. The van der Waals surface area contributed by atoms with Crippen molar-refractivity contribution in [3.63, 3.8) is 0 Å². The summed E-state index contributed by atoms with van der Waals surface area (Å²) in [7, 11) is 0. The summed E-state index contributed by atoms with van der Waals surface area (Å²) in [6.07, 6.45) is 1.85. The maximum absolute atomic E-state index is 4.51. The number of hydrogen-bond donors (Lipinski definition) is 0. The van der Waals surface area contributed by atoms with Gasteiger partial charge in [0.2, 0.25) is 0 Å². The van der Waals surface area contributed by atoms with Gasteiger partial charge in [-0.25, -0.2) is 0 Å². The van der Waals surface area contributed by atoms with Crippen molar-refractivity contribution in [2.75, 3.05) is 0 Å². The average Bonchev–Trinajstić information content (AvgIpc) is 2.49. The second-order valence-corrected chi connectivity index (χ2v) is 5.08. The van der Waals surface area contributed by atoms with Crippen LogP contribution in [0.15, 0.2) is 66.9 Å². The van der Waals surface area contributed by atoms with E-state index in [1.807, 2.05) is 18.3 Å². The summed E-state index contributed by atoms with van der Waals surface area (Å²) in [6.45, 7) is 4.27. The summed E-state index contributed by atoms with van der Waals surface area (Å²) in [5, 5.41) is 0. The molecule has 0 aliphatic rings. The summed E-state index contributed by atoms with van der Waals surface area (Å²) in [5.74, 6) is 0. The number of hydrogen-bond acceptors (Lipinski definition) is 1. The van der Waals surface area contributed by atoms with Gasteiger partial charge in [-0.15, -0.1) is 0 Å². The van der Waals surface area contributed by atoms with Crippen molar-refractivity contribution in [2.45, 2.75) is 13.8 Å². The highest BCUT2D eigenvalue weighted by Gasteiger charge is 2.10. The van der Waals surface area contributed by atoms with E-state index in [9.17, 15) is 0 Å². The third kappa shape index (κ3) is 2.35. The molecule has 0 unspecified atom stereocenters. The van der Waals surface area contributed by atoms with E-state index >= 15 is 0 Å². The average molecular weight is 259 g/mol. The van der Waals surface area contributed by atoms with E-state index in [1.54, 1.807) is 0 Å². The van der Waals surface area contributed by atoms with Crippen LogP contribution in [-0.2, 0) is 0 Å². The minimum Gasteiger partial charge on any atom is -0.256 e. The van der Waals surface area contributed by atoms with E-state index in [1.165, 1.54) is 27.8 Å². The summed E-state index contributed by atoms with van der Waals surface area (Å²) in [6, 6.07) is 21.1. The van der Waals surface area contributed by atoms with Crippen LogP contribution in [0.2, 0.25) is 0 Å². The Bertz CT molecular complexity index is 730. The van der Waals surface area contributed by atoms with Crippen LogP contribution >= 0.6 is 0 Å². The molecule has 1 heteroatoms. The fraction of sp³-hybridized carbons (Fsp3) is 0.105. The van der Waals surface area contributed by atoms with Gasteiger partial charge in [0.1, 0.15) is 0 Å². The molecule has 0 spiro atoms. The van der Waals surface area contributed by atoms with Gasteiger partial charge in [-0.1, -0.05) is 48.0 Å². The first-order chi connectivity index (χ1) is 9.75. The molecule has 0 aliphatic carbocycles. The maximum Gasteiger partial charge on any atom is 0.0708 e. The van der Waals surface area contributed by atoms with Gasteiger partial charge in [0.05, 0.1) is 5.69 Å². The zero-order chi connectivity index (χ0) is 13.9. The Balaban J connectivity index is 2.25. The first-order valence-corrected chi connectivity index (χ1v) is 6.84. The largest absolute Gasteiger partial charge is 0.256 e. The van der Waals surface area contributed by atoms with Crippen LogP contribution in [0, 0.1) is 13.8 Å². The third-order valence-corrected chi connectivity index (χ3v) is 3.55. The highest BCUT2D eigenvalue weighted by atomic mass is 14.7. The molecule has 1 nitrogen and oxygen atoms in total. The minimum absolute atomic E-state index is 1.02. The van der Waals surface area contributed by atoms with Gasteiger partial charge in [0.15, 0.2) is 0 Å². The van der Waals surface area contributed by atoms with Crippen molar-refractivity contribution in [3.8, 4) is 22.4 Å². The standard InChI is InChI=1S/C19H17N/c1-14-10-11-17(16-8-4-3-7-15(16)2)18(13-14)19-9-5-6-12-20-19/h3-13H,1-2H3. The Labute approximate surface area is 119 Å². The smallest absolute Gasteiger partial charge is 0.0708 e. The molecule has 98 valence electrons. The number of aryl methyl sites for hydroxylation is 2. The lowest BCUT2D eigenvalue weighted by molar-refractivity contribution is 1.31. The Morgan fingerprint density at radius 2 is 1.50 bits per heavy atom. The second kappa shape index (κ2) is 5.30. The lowest BCUT2D eigenvalue weighted by Gasteiger charge is -2.12. The normalized spacial score (nSPS) is 10.5. The molecule has 0 amide bonds. The van der Waals surface area contributed by atoms with E-state index in [4.69, 9.17) is 0 Å². The fourth-order valence-electron chi connectivity index (χ4n) is 2.50. The van der Waals surface area contributed by atoms with Gasteiger partial charge < -0.3 is 0 Å². The predicted molar refractivity (Wildman–Crippen MR) is 84.6 cm³/mol. The molecule has 20 heavy (non-hydrogen) atoms. The van der Waals surface area contributed by atoms with Crippen LogP contribution in [0.1, 0.15) is 11.1 Å². The topological polar surface area (TPSA) is 12.9 Å². The Morgan fingerprint density at radius 1 is 0.700 bits per heavy atom. The number of pyridine rings is 1. The molecule has 0 N–H and O–H groups in total. The van der Waals surface area contributed by atoms with E-state index in [-0.39, 0.29) is 0 Å². The van der Waals surface area contributed by atoms with Gasteiger partial charge in [-0.2, -0.15) is 0 Å². The van der Waals surface area contributed by atoms with Gasteiger partial charge in [-0.05, 0) is 48.7 Å². The maximum atomic E-state index is 4.51. The Kier molecular flexibility index (Phi) is 3.34. The zero-order valence-corrected chi connectivity index (χ0v) is 11.8. The lowest BCUT2D eigenvalue weighted by atomic mass is 9.93. The number of benzene rings is 2. The molecular weight excluding hydrogens is 242 g/mol. The highest BCUT2D eigenvalue weighted by molar-refractivity contribution is 5.83. The van der Waals surface area contributed by atoms with Gasteiger partial charge in [0.25, 0.3) is 0 Å². The quantitative estimate of drug-likeness (QED) is 0.628. The summed E-state index contributed by atoms with van der Waals surface area (Å²) in [5.41, 5.74) is 7.27. The molecule has 0 bridgehead atoms. The number of nitrogens with zero attached hydrogens (tertiary/aromatic N) is 1. The van der Waals surface area contributed by atoms with Crippen molar-refractivity contribution in [3.05, 3.63) is 78.0 Å². The molecule has 0 saturated heterocycles. The Morgan fingerprint density at radius 3 is 2.25 bits per heavy atom. The highest BCUT2D eigenvalue weighted by Crippen LogP contribution is 2.33. The predicted octanol–water partition coefficient (Wildman–Crippen LogP) is 5.03. The van der Waals surface area contributed by atoms with Crippen molar-refractivity contribution in [1.82, 2.24) is 4.98 Å². The molecule has 0 radical (unpaired) electrons. The fourth-order valence-corrected chi connectivity index (χ4v) is 2.50. The van der Waals surface area contributed by atoms with Crippen molar-refractivity contribution < 1.29 is 0 Å². The molecule has 0 atom stereocenters. The van der Waals surface area contributed by atoms with Crippen LogP contribution in [-0.4, -0.2) is 4.98 Å². The molecule has 0 fully saturated rings. The van der Waals surface area contributed by atoms with E-state index in [0.717, 1.165) is 5.69 Å². The molecule has 2 aromatic carbocycles. The van der Waals surface area contributed by atoms with E-state index in [2.05, 4.69) is 67.4 Å². The van der Waals surface area contributed by atoms with Crippen molar-refractivity contribution >= 4 is 0 Å². The Hall–Kier alpha value is -2.41. The molecule has 1 aromatic heterocycles. The first kappa shape index (κ1) is 12.6. The monoisotopic (exact) mass is 259 g/mol. The van der Waals surface area contributed by atoms with E-state index < -0.39 is 0 Å². The van der Waals surface area contributed by atoms with Crippen LogP contribution in [0.4, 0.5) is 0 Å². The van der Waals surface area contributed by atoms with Gasteiger partial charge >= 0.3 is 0 Å². The van der Waals surface area contributed by atoms with E-state index in [0.29, 0.717) is 0 Å². The second-order valence-electron chi connectivity index (χ2n) is 5.08. The van der Waals surface area contributed by atoms with Crippen LogP contribution < -0.4 is 0 Å². The summed E-state index contributed by atoms with van der Waals surface area (Å²) < 4.78 is 0. The third-order valence-electron chi connectivity index (χ3n) is 3.55.